The third-order valence-corrected chi connectivity index (χ3v) is 7.58. The smallest absolute Gasteiger partial charge is 0.407 e. The summed E-state index contributed by atoms with van der Waals surface area (Å²) < 4.78 is 59.3. The Kier molecular flexibility index (Phi) is 8.89. The van der Waals surface area contributed by atoms with Crippen LogP contribution < -0.4 is 19.9 Å². The molecule has 2 aromatic heterocycles. The fourth-order valence-electron chi connectivity index (χ4n) is 5.33. The SMILES string of the molecule is CC(C)(C)OC(=O)N[C@H]1CN(c2ncc(OCC3CCN(c4noc(C(C)(C)F)n4)CC3)cn2)C[C@@H]1c1cc(F)ccc1F. The number of amides is 1. The molecular weight excluding hydrogens is 579 g/mol. The van der Waals surface area contributed by atoms with Gasteiger partial charge in [0.15, 0.2) is 11.4 Å². The van der Waals surface area contributed by atoms with E-state index in [-0.39, 0.29) is 30.5 Å². The normalized spacial score (nSPS) is 19.7. The van der Waals surface area contributed by atoms with E-state index in [0.29, 0.717) is 37.3 Å². The molecule has 238 valence electrons. The number of alkyl carbamates (subject to hydrolysis) is 1. The Morgan fingerprint density at radius 1 is 1.05 bits per heavy atom. The van der Waals surface area contributed by atoms with Crippen LogP contribution in [0.15, 0.2) is 35.1 Å². The van der Waals surface area contributed by atoms with Gasteiger partial charge in [-0.2, -0.15) is 4.98 Å². The monoisotopic (exact) mass is 617 g/mol. The minimum atomic E-state index is -1.69. The van der Waals surface area contributed by atoms with E-state index >= 15 is 0 Å². The first-order valence-corrected chi connectivity index (χ1v) is 14.7. The van der Waals surface area contributed by atoms with Crippen LogP contribution in [-0.4, -0.2) is 70.6 Å². The number of halogens is 3. The highest BCUT2D eigenvalue weighted by atomic mass is 19.1. The van der Waals surface area contributed by atoms with Gasteiger partial charge >= 0.3 is 6.09 Å². The molecule has 4 heterocycles. The van der Waals surface area contributed by atoms with Crippen LogP contribution in [0, 0.1) is 17.6 Å². The summed E-state index contributed by atoms with van der Waals surface area (Å²) in [5.74, 6) is -0.180. The second-order valence-electron chi connectivity index (χ2n) is 12.8. The first kappa shape index (κ1) is 31.3. The summed E-state index contributed by atoms with van der Waals surface area (Å²) in [4.78, 5) is 29.4. The Morgan fingerprint density at radius 3 is 2.39 bits per heavy atom. The molecule has 0 unspecified atom stereocenters. The highest BCUT2D eigenvalue weighted by molar-refractivity contribution is 5.68. The molecule has 1 amide bonds. The van der Waals surface area contributed by atoms with Gasteiger partial charge in [0, 0.05) is 32.1 Å². The molecule has 0 bridgehead atoms. The Bertz CT molecular complexity index is 1430. The van der Waals surface area contributed by atoms with E-state index in [1.165, 1.54) is 13.8 Å². The molecule has 0 saturated carbocycles. The zero-order valence-electron chi connectivity index (χ0n) is 25.5. The maximum Gasteiger partial charge on any atom is 0.407 e. The predicted octanol–water partition coefficient (Wildman–Crippen LogP) is 5.13. The fourth-order valence-corrected chi connectivity index (χ4v) is 5.33. The van der Waals surface area contributed by atoms with Crippen LogP contribution in [0.2, 0.25) is 0 Å². The third kappa shape index (κ3) is 7.69. The van der Waals surface area contributed by atoms with Crippen LogP contribution in [-0.2, 0) is 10.4 Å². The highest BCUT2D eigenvalue weighted by Crippen LogP contribution is 2.33. The number of piperidine rings is 1. The van der Waals surface area contributed by atoms with Crippen molar-refractivity contribution in [2.45, 2.75) is 70.7 Å². The van der Waals surface area contributed by atoms with Crippen molar-refractivity contribution in [1.29, 1.82) is 0 Å². The van der Waals surface area contributed by atoms with Crippen molar-refractivity contribution in [2.24, 2.45) is 5.92 Å². The van der Waals surface area contributed by atoms with Crippen molar-refractivity contribution in [1.82, 2.24) is 25.4 Å². The van der Waals surface area contributed by atoms with Gasteiger partial charge in [0.05, 0.1) is 25.0 Å². The standard InChI is InChI=1S/C30H38F3N7O4/c1-29(2,3)43-28(41)36-24-16-40(15-22(24)21-12-19(31)6-7-23(21)32)26-34-13-20(14-35-26)42-17-18-8-10-39(11-9-18)27-37-25(44-38-27)30(4,5)33/h6-7,12-14,18,22,24H,8-11,15-17H2,1-5H3,(H,36,41)/t22-,24+/m1/s1. The van der Waals surface area contributed by atoms with E-state index in [2.05, 4.69) is 25.4 Å². The van der Waals surface area contributed by atoms with Crippen LogP contribution in [0.5, 0.6) is 5.75 Å². The molecule has 0 aliphatic carbocycles. The van der Waals surface area contributed by atoms with E-state index in [9.17, 15) is 18.0 Å². The van der Waals surface area contributed by atoms with Gasteiger partial charge in [-0.1, -0.05) is 0 Å². The molecule has 2 aliphatic heterocycles. The number of aromatic nitrogens is 4. The lowest BCUT2D eigenvalue weighted by Crippen LogP contribution is -2.43. The number of hydrogen-bond acceptors (Lipinski definition) is 10. The second kappa shape index (κ2) is 12.5. The van der Waals surface area contributed by atoms with Gasteiger partial charge in [-0.05, 0) is 82.3 Å². The quantitative estimate of drug-likeness (QED) is 0.364. The van der Waals surface area contributed by atoms with Crippen molar-refractivity contribution in [3.8, 4) is 5.75 Å². The number of nitrogens with zero attached hydrogens (tertiary/aromatic N) is 6. The van der Waals surface area contributed by atoms with Crippen molar-refractivity contribution in [3.63, 3.8) is 0 Å². The topological polar surface area (TPSA) is 119 Å². The van der Waals surface area contributed by atoms with Gasteiger partial charge in [-0.3, -0.25) is 0 Å². The number of hydrogen-bond donors (Lipinski definition) is 1. The molecule has 44 heavy (non-hydrogen) atoms. The summed E-state index contributed by atoms with van der Waals surface area (Å²) in [6.07, 6.45) is 4.17. The average Bonchev–Trinajstić information content (AvgIpc) is 3.61. The van der Waals surface area contributed by atoms with Crippen LogP contribution in [0.4, 0.5) is 29.9 Å². The molecule has 0 spiro atoms. The molecule has 1 aromatic carbocycles. The lowest BCUT2D eigenvalue weighted by molar-refractivity contribution is 0.0504. The first-order valence-electron chi connectivity index (χ1n) is 14.7. The molecule has 1 N–H and O–H groups in total. The third-order valence-electron chi connectivity index (χ3n) is 7.58. The molecular formula is C30H38F3N7O4. The van der Waals surface area contributed by atoms with Gasteiger partial charge in [0.1, 0.15) is 17.2 Å². The summed E-state index contributed by atoms with van der Waals surface area (Å²) in [6.45, 7) is 10.4. The van der Waals surface area contributed by atoms with E-state index < -0.39 is 41.0 Å². The van der Waals surface area contributed by atoms with Crippen LogP contribution >= 0.6 is 0 Å². The average molecular weight is 618 g/mol. The Morgan fingerprint density at radius 2 is 1.75 bits per heavy atom. The Hall–Kier alpha value is -4.10. The molecule has 3 aromatic rings. The molecule has 2 fully saturated rings. The van der Waals surface area contributed by atoms with Gasteiger partial charge in [-0.25, -0.2) is 27.9 Å². The summed E-state index contributed by atoms with van der Waals surface area (Å²) in [7, 11) is 0. The maximum absolute atomic E-state index is 14.8. The maximum atomic E-state index is 14.8. The zero-order chi connectivity index (χ0) is 31.6. The minimum absolute atomic E-state index is 0.0400. The Balaban J connectivity index is 1.17. The van der Waals surface area contributed by atoms with Gasteiger partial charge < -0.3 is 29.1 Å². The zero-order valence-corrected chi connectivity index (χ0v) is 25.5. The first-order chi connectivity index (χ1) is 20.7. The summed E-state index contributed by atoms with van der Waals surface area (Å²) in [5.41, 5.74) is -2.25. The number of ether oxygens (including phenoxy) is 2. The molecule has 2 saturated heterocycles. The van der Waals surface area contributed by atoms with Crippen molar-refractivity contribution >= 4 is 18.0 Å². The van der Waals surface area contributed by atoms with E-state index in [0.717, 1.165) is 31.0 Å². The van der Waals surface area contributed by atoms with E-state index in [4.69, 9.17) is 14.0 Å². The second-order valence-corrected chi connectivity index (χ2v) is 12.8. The number of nitrogens with one attached hydrogen (secondary N) is 1. The predicted molar refractivity (Wildman–Crippen MR) is 155 cm³/mol. The number of carbonyl (C=O) groups excluding carboxylic acids is 1. The van der Waals surface area contributed by atoms with Gasteiger partial charge in [0.2, 0.25) is 5.95 Å². The van der Waals surface area contributed by atoms with E-state index in [1.807, 2.05) is 9.80 Å². The number of anilines is 2. The molecule has 14 heteroatoms. The van der Waals surface area contributed by atoms with Crippen LogP contribution in [0.1, 0.15) is 64.8 Å². The molecule has 5 rings (SSSR count). The summed E-state index contributed by atoms with van der Waals surface area (Å²) in [6, 6.07) is 2.72. The fraction of sp³-hybridized carbons (Fsp3) is 0.567. The number of benzene rings is 1. The lowest BCUT2D eigenvalue weighted by Gasteiger charge is -2.30. The minimum Gasteiger partial charge on any atom is -0.490 e. The lowest BCUT2D eigenvalue weighted by atomic mass is 9.94. The van der Waals surface area contributed by atoms with Crippen LogP contribution in [0.3, 0.4) is 0 Å². The van der Waals surface area contributed by atoms with E-state index in [1.54, 1.807) is 33.2 Å². The number of carbonyl (C=O) groups is 1. The molecule has 2 atom stereocenters. The summed E-state index contributed by atoms with van der Waals surface area (Å²) in [5, 5.41) is 6.73. The highest BCUT2D eigenvalue weighted by Gasteiger charge is 2.38. The van der Waals surface area contributed by atoms with Crippen molar-refractivity contribution in [2.75, 3.05) is 42.6 Å². The Labute approximate surface area is 254 Å². The molecule has 0 radical (unpaired) electrons. The largest absolute Gasteiger partial charge is 0.490 e. The van der Waals surface area contributed by atoms with Crippen molar-refractivity contribution < 1.29 is 32.0 Å². The van der Waals surface area contributed by atoms with Crippen LogP contribution in [0.25, 0.3) is 0 Å². The number of rotatable bonds is 8. The molecule has 11 nitrogen and oxygen atoms in total. The summed E-state index contributed by atoms with van der Waals surface area (Å²) >= 11 is 0. The molecule has 2 aliphatic rings. The van der Waals surface area contributed by atoms with Gasteiger partial charge in [0.25, 0.3) is 11.8 Å². The van der Waals surface area contributed by atoms with Gasteiger partial charge in [-0.15, -0.1) is 0 Å². The number of alkyl halides is 1. The van der Waals surface area contributed by atoms with Crippen molar-refractivity contribution in [3.05, 3.63) is 53.7 Å².